The van der Waals surface area contributed by atoms with Crippen molar-refractivity contribution < 1.29 is 4.74 Å². The van der Waals surface area contributed by atoms with Crippen molar-refractivity contribution in [3.63, 3.8) is 0 Å². The summed E-state index contributed by atoms with van der Waals surface area (Å²) in [6, 6.07) is 0.219. The van der Waals surface area contributed by atoms with Gasteiger partial charge in [0.05, 0.1) is 12.1 Å². The van der Waals surface area contributed by atoms with Crippen molar-refractivity contribution >= 4 is 6.21 Å². The molecule has 104 valence electrons. The Bertz CT molecular complexity index is 425. The lowest BCUT2D eigenvalue weighted by atomic mass is 10.1. The zero-order valence-electron chi connectivity index (χ0n) is 11.7. The van der Waals surface area contributed by atoms with E-state index >= 15 is 0 Å². The van der Waals surface area contributed by atoms with E-state index in [0.717, 1.165) is 24.8 Å². The maximum atomic E-state index is 6.05. The van der Waals surface area contributed by atoms with E-state index in [9.17, 15) is 0 Å². The highest BCUT2D eigenvalue weighted by atomic mass is 16.5. The summed E-state index contributed by atoms with van der Waals surface area (Å²) in [5.74, 6) is 0.592. The van der Waals surface area contributed by atoms with Gasteiger partial charge >= 0.3 is 0 Å². The van der Waals surface area contributed by atoms with Crippen molar-refractivity contribution in [2.75, 3.05) is 0 Å². The molecule has 2 aliphatic heterocycles. The van der Waals surface area contributed by atoms with Crippen molar-refractivity contribution in [3.05, 3.63) is 36.3 Å². The maximum absolute atomic E-state index is 6.05. The van der Waals surface area contributed by atoms with Crippen LogP contribution in [0.25, 0.3) is 0 Å². The van der Waals surface area contributed by atoms with Gasteiger partial charge in [0.25, 0.3) is 0 Å². The maximum Gasteiger partial charge on any atom is 0.130 e. The molecule has 0 bridgehead atoms. The summed E-state index contributed by atoms with van der Waals surface area (Å²) in [6.45, 7) is 7.78. The lowest BCUT2D eigenvalue weighted by molar-refractivity contribution is -0.0373. The van der Waals surface area contributed by atoms with Crippen LogP contribution < -0.4 is 5.73 Å². The van der Waals surface area contributed by atoms with Gasteiger partial charge in [-0.2, -0.15) is 0 Å². The van der Waals surface area contributed by atoms with Crippen molar-refractivity contribution in [1.82, 2.24) is 4.90 Å². The smallest absolute Gasteiger partial charge is 0.130 e. The molecule has 0 saturated carbocycles. The molecular formula is C15H23N3O. The molecule has 0 aliphatic carbocycles. The minimum Gasteiger partial charge on any atom is -0.383 e. The quantitative estimate of drug-likeness (QED) is 0.625. The summed E-state index contributed by atoms with van der Waals surface area (Å²) in [4.78, 5) is 6.40. The van der Waals surface area contributed by atoms with Crippen LogP contribution in [0.2, 0.25) is 0 Å². The number of hydrogen-bond acceptors (Lipinski definition) is 4. The fraction of sp³-hybridized carbons (Fsp3) is 0.533. The number of nitrogens with zero attached hydrogens (tertiary/aromatic N) is 2. The highest BCUT2D eigenvalue weighted by molar-refractivity contribution is 5.56. The SMILES string of the molecule is C=CCC1CCC(N2C=C/C(=C(N)/N=C\C)C2C)O1. The predicted molar refractivity (Wildman–Crippen MR) is 78.5 cm³/mol. The number of nitrogens with two attached hydrogens (primary N) is 1. The molecule has 3 atom stereocenters. The van der Waals surface area contributed by atoms with Gasteiger partial charge in [-0.15, -0.1) is 6.58 Å². The highest BCUT2D eigenvalue weighted by Gasteiger charge is 2.33. The molecule has 1 fully saturated rings. The number of aliphatic imine (C=N–C) groups is 1. The first-order valence-corrected chi connectivity index (χ1v) is 6.87. The van der Waals surface area contributed by atoms with Crippen LogP contribution in [0.3, 0.4) is 0 Å². The molecule has 2 heterocycles. The second-order valence-electron chi connectivity index (χ2n) is 4.98. The van der Waals surface area contributed by atoms with Gasteiger partial charge in [0.2, 0.25) is 0 Å². The fourth-order valence-electron chi connectivity index (χ4n) is 2.72. The van der Waals surface area contributed by atoms with Crippen LogP contribution in [-0.4, -0.2) is 29.5 Å². The Morgan fingerprint density at radius 2 is 2.42 bits per heavy atom. The summed E-state index contributed by atoms with van der Waals surface area (Å²) in [5, 5.41) is 0. The molecule has 19 heavy (non-hydrogen) atoms. The summed E-state index contributed by atoms with van der Waals surface area (Å²) in [5.41, 5.74) is 7.03. The number of ether oxygens (including phenoxy) is 1. The molecule has 2 rings (SSSR count). The molecule has 1 saturated heterocycles. The zero-order chi connectivity index (χ0) is 13.8. The van der Waals surface area contributed by atoms with Gasteiger partial charge in [-0.05, 0) is 39.2 Å². The molecule has 0 aromatic rings. The topological polar surface area (TPSA) is 50.8 Å². The first-order chi connectivity index (χ1) is 9.17. The molecule has 0 radical (unpaired) electrons. The van der Waals surface area contributed by atoms with Crippen molar-refractivity contribution in [2.24, 2.45) is 10.7 Å². The molecule has 0 aromatic carbocycles. The Morgan fingerprint density at radius 1 is 1.63 bits per heavy atom. The highest BCUT2D eigenvalue weighted by Crippen LogP contribution is 2.32. The Morgan fingerprint density at radius 3 is 3.11 bits per heavy atom. The number of rotatable bonds is 4. The second kappa shape index (κ2) is 6.06. The van der Waals surface area contributed by atoms with E-state index in [1.807, 2.05) is 19.1 Å². The van der Waals surface area contributed by atoms with Crippen LogP contribution in [0.5, 0.6) is 0 Å². The van der Waals surface area contributed by atoms with E-state index in [0.29, 0.717) is 11.9 Å². The van der Waals surface area contributed by atoms with Gasteiger partial charge in [-0.3, -0.25) is 0 Å². The Hall–Kier alpha value is -1.55. The molecular weight excluding hydrogens is 238 g/mol. The third kappa shape index (κ3) is 2.89. The van der Waals surface area contributed by atoms with Crippen LogP contribution in [0.15, 0.2) is 41.3 Å². The average Bonchev–Trinajstić information content (AvgIpc) is 2.96. The minimum atomic E-state index is 0.145. The van der Waals surface area contributed by atoms with Crippen LogP contribution in [-0.2, 0) is 4.74 Å². The normalized spacial score (nSPS) is 33.4. The van der Waals surface area contributed by atoms with Gasteiger partial charge in [0.15, 0.2) is 0 Å². The summed E-state index contributed by atoms with van der Waals surface area (Å²) < 4.78 is 6.05. The number of hydrogen-bond donors (Lipinski definition) is 1. The minimum absolute atomic E-state index is 0.145. The van der Waals surface area contributed by atoms with Gasteiger partial charge in [0.1, 0.15) is 12.0 Å². The van der Waals surface area contributed by atoms with Crippen LogP contribution in [0.1, 0.15) is 33.1 Å². The van der Waals surface area contributed by atoms with E-state index in [1.54, 1.807) is 6.21 Å². The van der Waals surface area contributed by atoms with E-state index < -0.39 is 0 Å². The summed E-state index contributed by atoms with van der Waals surface area (Å²) in [6.07, 6.45) is 11.3. The standard InChI is InChI=1S/C15H23N3O/c1-4-6-12-7-8-14(19-12)18-10-9-13(11(18)3)15(16)17-5-2/h4-5,9-12,14H,1,6-8,16H2,2-3H3/b15-13-,17-5-. The van der Waals surface area contributed by atoms with Crippen LogP contribution in [0, 0.1) is 0 Å². The van der Waals surface area contributed by atoms with E-state index in [1.165, 1.54) is 0 Å². The predicted octanol–water partition coefficient (Wildman–Crippen LogP) is 2.55. The monoisotopic (exact) mass is 261 g/mol. The molecule has 2 N–H and O–H groups in total. The molecule has 2 aliphatic rings. The molecule has 3 unspecified atom stereocenters. The zero-order valence-corrected chi connectivity index (χ0v) is 11.7. The lowest BCUT2D eigenvalue weighted by Gasteiger charge is -2.29. The van der Waals surface area contributed by atoms with Gasteiger partial charge in [-0.25, -0.2) is 4.99 Å². The fourth-order valence-corrected chi connectivity index (χ4v) is 2.72. The molecule has 4 nitrogen and oxygen atoms in total. The van der Waals surface area contributed by atoms with E-state index in [4.69, 9.17) is 10.5 Å². The third-order valence-corrected chi connectivity index (χ3v) is 3.73. The van der Waals surface area contributed by atoms with Gasteiger partial charge in [-0.1, -0.05) is 6.08 Å². The van der Waals surface area contributed by atoms with E-state index in [2.05, 4.69) is 29.6 Å². The van der Waals surface area contributed by atoms with E-state index in [-0.39, 0.29) is 12.3 Å². The van der Waals surface area contributed by atoms with Crippen molar-refractivity contribution in [1.29, 1.82) is 0 Å². The third-order valence-electron chi connectivity index (χ3n) is 3.73. The molecule has 4 heteroatoms. The summed E-state index contributed by atoms with van der Waals surface area (Å²) >= 11 is 0. The Kier molecular flexibility index (Phi) is 4.43. The molecule has 0 amide bonds. The van der Waals surface area contributed by atoms with Crippen molar-refractivity contribution in [3.8, 4) is 0 Å². The van der Waals surface area contributed by atoms with Crippen LogP contribution >= 0.6 is 0 Å². The van der Waals surface area contributed by atoms with Gasteiger partial charge < -0.3 is 15.4 Å². The average molecular weight is 261 g/mol. The first-order valence-electron chi connectivity index (χ1n) is 6.87. The van der Waals surface area contributed by atoms with Crippen LogP contribution in [0.4, 0.5) is 0 Å². The lowest BCUT2D eigenvalue weighted by Crippen LogP contribution is -2.36. The van der Waals surface area contributed by atoms with Gasteiger partial charge in [0, 0.05) is 18.0 Å². The second-order valence-corrected chi connectivity index (χ2v) is 4.98. The Balaban J connectivity index is 2.03. The largest absolute Gasteiger partial charge is 0.383 e. The first kappa shape index (κ1) is 13.9. The van der Waals surface area contributed by atoms with Crippen molar-refractivity contribution in [2.45, 2.75) is 51.5 Å². The molecule has 0 aromatic heterocycles. The molecule has 0 spiro atoms. The Labute approximate surface area is 115 Å². The summed E-state index contributed by atoms with van der Waals surface area (Å²) in [7, 11) is 0.